The molecule has 1 aliphatic carbocycles. The third kappa shape index (κ3) is 3.74. The van der Waals surface area contributed by atoms with Crippen molar-refractivity contribution in [3.05, 3.63) is 78.0 Å². The Hall–Kier alpha value is -2.72. The van der Waals surface area contributed by atoms with E-state index in [9.17, 15) is 4.79 Å². The summed E-state index contributed by atoms with van der Waals surface area (Å²) in [6.07, 6.45) is 10.8. The summed E-state index contributed by atoms with van der Waals surface area (Å²) in [5.41, 5.74) is 3.69. The molecule has 2 aromatic carbocycles. The van der Waals surface area contributed by atoms with Crippen molar-refractivity contribution in [2.24, 2.45) is 5.41 Å². The van der Waals surface area contributed by atoms with Gasteiger partial charge in [0.15, 0.2) is 0 Å². The Morgan fingerprint density at radius 3 is 2.48 bits per heavy atom. The number of rotatable bonds is 3. The van der Waals surface area contributed by atoms with Crippen molar-refractivity contribution in [2.45, 2.75) is 57.0 Å². The number of nitrogens with zero attached hydrogens (tertiary/aromatic N) is 3. The average Bonchev–Trinajstić information content (AvgIpc) is 2.88. The molecular weight excluding hydrogens is 406 g/mol. The molecule has 0 N–H and O–H groups in total. The van der Waals surface area contributed by atoms with Crippen LogP contribution in [0.3, 0.4) is 0 Å². The van der Waals surface area contributed by atoms with Crippen LogP contribution in [0.1, 0.15) is 66.9 Å². The molecule has 1 saturated carbocycles. The smallest absolute Gasteiger partial charge is 0.253 e. The molecule has 0 radical (unpaired) electrons. The minimum atomic E-state index is 0.158. The summed E-state index contributed by atoms with van der Waals surface area (Å²) in [7, 11) is 0. The summed E-state index contributed by atoms with van der Waals surface area (Å²) >= 11 is 0. The lowest BCUT2D eigenvalue weighted by atomic mass is 9.60. The molecule has 6 rings (SSSR count). The number of benzene rings is 2. The Morgan fingerprint density at radius 1 is 0.909 bits per heavy atom. The number of amides is 1. The fraction of sp³-hybridized carbons (Fsp3) is 0.448. The number of likely N-dealkylation sites (tertiary alicyclic amines) is 2. The molecule has 2 aliphatic heterocycles. The molecule has 33 heavy (non-hydrogen) atoms. The number of aromatic nitrogens is 1. The van der Waals surface area contributed by atoms with Gasteiger partial charge in [0, 0.05) is 54.3 Å². The molecule has 4 heteroatoms. The lowest BCUT2D eigenvalue weighted by Crippen LogP contribution is -2.63. The second-order valence-corrected chi connectivity index (χ2v) is 10.3. The Kier molecular flexibility index (Phi) is 5.41. The summed E-state index contributed by atoms with van der Waals surface area (Å²) in [5, 5.41) is 1.03. The molecule has 170 valence electrons. The number of hydrogen-bond acceptors (Lipinski definition) is 3. The predicted molar refractivity (Wildman–Crippen MR) is 132 cm³/mol. The van der Waals surface area contributed by atoms with E-state index in [1.807, 2.05) is 30.3 Å². The fourth-order valence-corrected chi connectivity index (χ4v) is 6.78. The van der Waals surface area contributed by atoms with Crippen LogP contribution in [0.15, 0.2) is 66.9 Å². The van der Waals surface area contributed by atoms with Gasteiger partial charge in [0.1, 0.15) is 0 Å². The Balaban J connectivity index is 1.15. The van der Waals surface area contributed by atoms with E-state index in [0.29, 0.717) is 17.5 Å². The van der Waals surface area contributed by atoms with Gasteiger partial charge in [0.25, 0.3) is 5.91 Å². The number of hydrogen-bond donors (Lipinski definition) is 0. The molecule has 1 amide bonds. The van der Waals surface area contributed by atoms with Gasteiger partial charge in [0.05, 0.1) is 5.52 Å². The van der Waals surface area contributed by atoms with Crippen LogP contribution in [0, 0.1) is 5.41 Å². The number of fused-ring (bicyclic) bond motifs is 1. The van der Waals surface area contributed by atoms with E-state index in [1.54, 1.807) is 6.20 Å². The molecule has 3 aromatic rings. The fourth-order valence-electron chi connectivity index (χ4n) is 6.78. The molecule has 2 saturated heterocycles. The van der Waals surface area contributed by atoms with Crippen molar-refractivity contribution < 1.29 is 4.79 Å². The topological polar surface area (TPSA) is 36.4 Å². The van der Waals surface area contributed by atoms with Crippen LogP contribution < -0.4 is 0 Å². The summed E-state index contributed by atoms with van der Waals surface area (Å²) < 4.78 is 0. The average molecular weight is 440 g/mol. The van der Waals surface area contributed by atoms with E-state index in [4.69, 9.17) is 0 Å². The maximum absolute atomic E-state index is 13.2. The maximum Gasteiger partial charge on any atom is 0.253 e. The Bertz CT molecular complexity index is 1130. The summed E-state index contributed by atoms with van der Waals surface area (Å²) in [6.45, 7) is 2.93. The first-order valence-corrected chi connectivity index (χ1v) is 12.7. The largest absolute Gasteiger partial charge is 0.339 e. The quantitative estimate of drug-likeness (QED) is 0.514. The molecular formula is C29H33N3O. The highest BCUT2D eigenvalue weighted by Gasteiger charge is 2.54. The summed E-state index contributed by atoms with van der Waals surface area (Å²) in [6, 6.07) is 22.2. The zero-order valence-corrected chi connectivity index (χ0v) is 19.3. The molecule has 3 aliphatic rings. The SMILES string of the molecule is O=C(c1ccc2ncccc2c1)N1CCC(N2CC3(CCCCC3)C2c2ccccc2)CC1. The predicted octanol–water partition coefficient (Wildman–Crippen LogP) is 5.85. The number of piperidine rings is 1. The van der Waals surface area contributed by atoms with Crippen LogP contribution in [-0.2, 0) is 0 Å². The maximum atomic E-state index is 13.2. The van der Waals surface area contributed by atoms with Crippen molar-refractivity contribution in [3.8, 4) is 0 Å². The van der Waals surface area contributed by atoms with Crippen LogP contribution in [0.25, 0.3) is 10.9 Å². The van der Waals surface area contributed by atoms with Gasteiger partial charge in [-0.05, 0) is 55.5 Å². The van der Waals surface area contributed by atoms with Crippen molar-refractivity contribution in [1.82, 2.24) is 14.8 Å². The van der Waals surface area contributed by atoms with E-state index in [2.05, 4.69) is 45.1 Å². The lowest BCUT2D eigenvalue weighted by Gasteiger charge is -2.63. The molecule has 1 unspecified atom stereocenters. The highest BCUT2D eigenvalue weighted by Crippen LogP contribution is 2.58. The van der Waals surface area contributed by atoms with Gasteiger partial charge < -0.3 is 4.90 Å². The van der Waals surface area contributed by atoms with E-state index < -0.39 is 0 Å². The summed E-state index contributed by atoms with van der Waals surface area (Å²) in [5.74, 6) is 0.158. The first kappa shape index (κ1) is 20.9. The standard InChI is InChI=1S/C29H33N3O/c33-28(24-11-12-26-23(20-24)10-7-17-30-26)31-18-13-25(14-19-31)32-21-29(15-5-2-6-16-29)27(32)22-8-3-1-4-9-22/h1,3-4,7-12,17,20,25,27H,2,5-6,13-16,18-19,21H2. The van der Waals surface area contributed by atoms with Gasteiger partial charge in [-0.15, -0.1) is 0 Å². The summed E-state index contributed by atoms with van der Waals surface area (Å²) in [4.78, 5) is 22.4. The van der Waals surface area contributed by atoms with Crippen LogP contribution in [0.4, 0.5) is 0 Å². The van der Waals surface area contributed by atoms with Gasteiger partial charge in [-0.25, -0.2) is 0 Å². The number of carbonyl (C=O) groups excluding carboxylic acids is 1. The number of carbonyl (C=O) groups is 1. The molecule has 1 atom stereocenters. The molecule has 1 spiro atoms. The number of pyridine rings is 1. The van der Waals surface area contributed by atoms with E-state index in [1.165, 1.54) is 44.2 Å². The normalized spacial score (nSPS) is 23.5. The zero-order chi connectivity index (χ0) is 22.3. The van der Waals surface area contributed by atoms with E-state index in [0.717, 1.165) is 42.4 Å². The van der Waals surface area contributed by atoms with Gasteiger partial charge >= 0.3 is 0 Å². The lowest BCUT2D eigenvalue weighted by molar-refractivity contribution is -0.132. The van der Waals surface area contributed by atoms with Crippen LogP contribution in [0.2, 0.25) is 0 Å². The third-order valence-corrected chi connectivity index (χ3v) is 8.44. The third-order valence-electron chi connectivity index (χ3n) is 8.44. The second kappa shape index (κ2) is 8.57. The van der Waals surface area contributed by atoms with Gasteiger partial charge in [-0.2, -0.15) is 0 Å². The van der Waals surface area contributed by atoms with Gasteiger partial charge in [-0.3, -0.25) is 14.7 Å². The first-order valence-electron chi connectivity index (χ1n) is 12.7. The van der Waals surface area contributed by atoms with E-state index in [-0.39, 0.29) is 5.91 Å². The Morgan fingerprint density at radius 2 is 1.70 bits per heavy atom. The zero-order valence-electron chi connectivity index (χ0n) is 19.3. The van der Waals surface area contributed by atoms with Gasteiger partial charge in [0.2, 0.25) is 0 Å². The van der Waals surface area contributed by atoms with E-state index >= 15 is 0 Å². The van der Waals surface area contributed by atoms with Crippen LogP contribution in [-0.4, -0.2) is 46.4 Å². The first-order chi connectivity index (χ1) is 16.2. The molecule has 1 aromatic heterocycles. The minimum absolute atomic E-state index is 0.158. The molecule has 4 nitrogen and oxygen atoms in total. The van der Waals surface area contributed by atoms with Crippen molar-refractivity contribution in [1.29, 1.82) is 0 Å². The van der Waals surface area contributed by atoms with Crippen LogP contribution >= 0.6 is 0 Å². The monoisotopic (exact) mass is 439 g/mol. The highest BCUT2D eigenvalue weighted by molar-refractivity contribution is 5.98. The molecule has 3 fully saturated rings. The minimum Gasteiger partial charge on any atom is -0.339 e. The molecule has 3 heterocycles. The van der Waals surface area contributed by atoms with Gasteiger partial charge in [-0.1, -0.05) is 55.7 Å². The van der Waals surface area contributed by atoms with Crippen molar-refractivity contribution in [3.63, 3.8) is 0 Å². The van der Waals surface area contributed by atoms with Crippen LogP contribution in [0.5, 0.6) is 0 Å². The second-order valence-electron chi connectivity index (χ2n) is 10.3. The van der Waals surface area contributed by atoms with Crippen molar-refractivity contribution >= 4 is 16.8 Å². The molecule has 0 bridgehead atoms. The van der Waals surface area contributed by atoms with Crippen molar-refractivity contribution in [2.75, 3.05) is 19.6 Å². The Labute approximate surface area is 196 Å². The highest BCUT2D eigenvalue weighted by atomic mass is 16.2.